The third kappa shape index (κ3) is 5.90. The molecule has 0 aromatic carbocycles. The lowest BCUT2D eigenvalue weighted by Crippen LogP contribution is -2.46. The molecular formula is C18H32O4Si. The summed E-state index contributed by atoms with van der Waals surface area (Å²) in [5.74, 6) is -0.789. The Balaban J connectivity index is 3.14. The van der Waals surface area contributed by atoms with E-state index < -0.39 is 19.9 Å². The molecule has 4 nitrogen and oxygen atoms in total. The quantitative estimate of drug-likeness (QED) is 0.436. The molecule has 3 unspecified atom stereocenters. The van der Waals surface area contributed by atoms with E-state index in [9.17, 15) is 9.90 Å². The number of carboxylic acids is 1. The molecule has 23 heavy (non-hydrogen) atoms. The van der Waals surface area contributed by atoms with Gasteiger partial charge in [-0.2, -0.15) is 0 Å². The van der Waals surface area contributed by atoms with Crippen molar-refractivity contribution in [1.29, 1.82) is 0 Å². The van der Waals surface area contributed by atoms with Crippen LogP contribution in [-0.4, -0.2) is 35.7 Å². The van der Waals surface area contributed by atoms with Crippen LogP contribution in [0.3, 0.4) is 0 Å². The SMILES string of the molecule is CC(/C=C/C1C(C(C)(C)O)CCC1(C)O[Si](C)(C)C)=C\C(=O)O. The zero-order valence-corrected chi connectivity index (χ0v) is 16.5. The van der Waals surface area contributed by atoms with Crippen LogP contribution in [0.2, 0.25) is 19.6 Å². The number of hydrogen-bond acceptors (Lipinski definition) is 3. The number of carboxylic acid groups (broad SMARTS) is 1. The molecule has 0 radical (unpaired) electrons. The summed E-state index contributed by atoms with van der Waals surface area (Å²) in [4.78, 5) is 10.8. The lowest BCUT2D eigenvalue weighted by molar-refractivity contribution is -0.131. The van der Waals surface area contributed by atoms with Gasteiger partial charge in [0.1, 0.15) is 0 Å². The van der Waals surface area contributed by atoms with Gasteiger partial charge in [0.15, 0.2) is 8.32 Å². The molecule has 0 aromatic heterocycles. The first-order valence-corrected chi connectivity index (χ1v) is 11.7. The predicted octanol–water partition coefficient (Wildman–Crippen LogP) is 3.98. The van der Waals surface area contributed by atoms with E-state index in [0.717, 1.165) is 12.8 Å². The summed E-state index contributed by atoms with van der Waals surface area (Å²) in [7, 11) is -1.73. The molecule has 1 saturated carbocycles. The molecule has 1 aliphatic rings. The highest BCUT2D eigenvalue weighted by Gasteiger charge is 2.50. The third-order valence-corrected chi connectivity index (χ3v) is 5.53. The number of aliphatic carboxylic acids is 1. The van der Waals surface area contributed by atoms with Crippen molar-refractivity contribution >= 4 is 14.3 Å². The molecule has 1 fully saturated rings. The molecule has 1 rings (SSSR count). The van der Waals surface area contributed by atoms with E-state index in [1.54, 1.807) is 6.92 Å². The highest BCUT2D eigenvalue weighted by atomic mass is 28.4. The largest absolute Gasteiger partial charge is 0.478 e. The van der Waals surface area contributed by atoms with E-state index >= 15 is 0 Å². The third-order valence-electron chi connectivity index (χ3n) is 4.45. The fourth-order valence-corrected chi connectivity index (χ4v) is 5.30. The van der Waals surface area contributed by atoms with Crippen LogP contribution < -0.4 is 0 Å². The van der Waals surface area contributed by atoms with Crippen molar-refractivity contribution in [2.24, 2.45) is 11.8 Å². The average Bonchev–Trinajstić information content (AvgIpc) is 2.59. The second-order valence-corrected chi connectivity index (χ2v) is 12.9. The molecule has 0 bridgehead atoms. The minimum absolute atomic E-state index is 0.0615. The van der Waals surface area contributed by atoms with Crippen molar-refractivity contribution in [2.75, 3.05) is 0 Å². The average molecular weight is 341 g/mol. The van der Waals surface area contributed by atoms with Crippen LogP contribution in [0.4, 0.5) is 0 Å². The molecule has 0 aromatic rings. The Morgan fingerprint density at radius 3 is 2.35 bits per heavy atom. The smallest absolute Gasteiger partial charge is 0.328 e. The lowest BCUT2D eigenvalue weighted by Gasteiger charge is -2.40. The molecule has 0 heterocycles. The van der Waals surface area contributed by atoms with Crippen LogP contribution in [0.1, 0.15) is 40.5 Å². The maximum atomic E-state index is 10.8. The Morgan fingerprint density at radius 1 is 1.35 bits per heavy atom. The summed E-state index contributed by atoms with van der Waals surface area (Å²) >= 11 is 0. The van der Waals surface area contributed by atoms with Crippen LogP contribution in [0.15, 0.2) is 23.8 Å². The van der Waals surface area contributed by atoms with Crippen LogP contribution >= 0.6 is 0 Å². The number of hydrogen-bond donors (Lipinski definition) is 2. The van der Waals surface area contributed by atoms with E-state index in [1.165, 1.54) is 6.08 Å². The van der Waals surface area contributed by atoms with Gasteiger partial charge in [0, 0.05) is 12.0 Å². The van der Waals surface area contributed by atoms with Gasteiger partial charge in [0.25, 0.3) is 0 Å². The van der Waals surface area contributed by atoms with Gasteiger partial charge in [0.05, 0.1) is 11.2 Å². The summed E-state index contributed by atoms with van der Waals surface area (Å²) in [6.07, 6.45) is 6.88. The molecule has 3 atom stereocenters. The summed E-state index contributed by atoms with van der Waals surface area (Å²) in [5, 5.41) is 19.4. The van der Waals surface area contributed by atoms with E-state index in [1.807, 2.05) is 26.0 Å². The van der Waals surface area contributed by atoms with Crippen molar-refractivity contribution in [2.45, 2.75) is 71.4 Å². The highest BCUT2D eigenvalue weighted by molar-refractivity contribution is 6.69. The van der Waals surface area contributed by atoms with E-state index in [0.29, 0.717) is 5.57 Å². The van der Waals surface area contributed by atoms with Gasteiger partial charge >= 0.3 is 5.97 Å². The fraction of sp³-hybridized carbons (Fsp3) is 0.722. The van der Waals surface area contributed by atoms with E-state index in [-0.39, 0.29) is 17.4 Å². The van der Waals surface area contributed by atoms with Crippen molar-refractivity contribution in [1.82, 2.24) is 0 Å². The van der Waals surface area contributed by atoms with E-state index in [4.69, 9.17) is 9.53 Å². The lowest BCUT2D eigenvalue weighted by atomic mass is 9.78. The monoisotopic (exact) mass is 340 g/mol. The summed E-state index contributed by atoms with van der Waals surface area (Å²) < 4.78 is 6.48. The Bertz CT molecular complexity index is 496. The van der Waals surface area contributed by atoms with Crippen molar-refractivity contribution < 1.29 is 19.4 Å². The molecule has 0 saturated heterocycles. The number of aliphatic hydroxyl groups is 1. The molecule has 0 amide bonds. The van der Waals surface area contributed by atoms with Crippen molar-refractivity contribution in [3.63, 3.8) is 0 Å². The predicted molar refractivity (Wildman–Crippen MR) is 95.9 cm³/mol. The van der Waals surface area contributed by atoms with Crippen LogP contribution in [0, 0.1) is 11.8 Å². The Labute approximate surface area is 141 Å². The standard InChI is InChI=1S/C18H32O4Si/c1-13(12-16(19)20)8-9-15-14(17(2,3)21)10-11-18(15,4)22-23(5,6)7/h8-9,12,14-15,21H,10-11H2,1-7H3,(H,19,20)/b9-8+,13-12+. The topological polar surface area (TPSA) is 66.8 Å². The minimum atomic E-state index is -1.73. The summed E-state index contributed by atoms with van der Waals surface area (Å²) in [5.41, 5.74) is -0.413. The first-order chi connectivity index (χ1) is 10.2. The fourth-order valence-electron chi connectivity index (χ4n) is 3.66. The van der Waals surface area contributed by atoms with Gasteiger partial charge in [-0.3, -0.25) is 0 Å². The summed E-state index contributed by atoms with van der Waals surface area (Å²) in [6.45, 7) is 14.1. The Morgan fingerprint density at radius 2 is 1.91 bits per heavy atom. The van der Waals surface area contributed by atoms with Gasteiger partial charge in [-0.25, -0.2) is 4.79 Å². The maximum absolute atomic E-state index is 10.8. The Hall–Kier alpha value is -0.913. The van der Waals surface area contributed by atoms with Gasteiger partial charge in [-0.05, 0) is 71.7 Å². The summed E-state index contributed by atoms with van der Waals surface area (Å²) in [6, 6.07) is 0. The van der Waals surface area contributed by atoms with Crippen LogP contribution in [0.25, 0.3) is 0 Å². The van der Waals surface area contributed by atoms with Gasteiger partial charge in [-0.1, -0.05) is 12.2 Å². The normalized spacial score (nSPS) is 30.2. The molecule has 5 heteroatoms. The molecule has 2 N–H and O–H groups in total. The van der Waals surface area contributed by atoms with Gasteiger partial charge < -0.3 is 14.6 Å². The second kappa shape index (κ2) is 6.91. The zero-order chi connectivity index (χ0) is 18.1. The van der Waals surface area contributed by atoms with Crippen molar-refractivity contribution in [3.8, 4) is 0 Å². The zero-order valence-electron chi connectivity index (χ0n) is 15.5. The number of rotatable bonds is 6. The van der Waals surface area contributed by atoms with Crippen LogP contribution in [0.5, 0.6) is 0 Å². The second-order valence-electron chi connectivity index (χ2n) is 8.44. The van der Waals surface area contributed by atoms with Gasteiger partial charge in [0.2, 0.25) is 0 Å². The Kier molecular flexibility index (Phi) is 6.05. The molecule has 1 aliphatic carbocycles. The van der Waals surface area contributed by atoms with Gasteiger partial charge in [-0.15, -0.1) is 0 Å². The van der Waals surface area contributed by atoms with Crippen molar-refractivity contribution in [3.05, 3.63) is 23.8 Å². The maximum Gasteiger partial charge on any atom is 0.328 e. The van der Waals surface area contributed by atoms with E-state index in [2.05, 4.69) is 26.6 Å². The molecule has 0 spiro atoms. The first kappa shape index (κ1) is 20.1. The molecule has 132 valence electrons. The molecular weight excluding hydrogens is 308 g/mol. The van der Waals surface area contributed by atoms with Crippen LogP contribution in [-0.2, 0) is 9.22 Å². The highest BCUT2D eigenvalue weighted by Crippen LogP contribution is 2.49. The molecule has 0 aliphatic heterocycles. The number of allylic oxidation sites excluding steroid dienone is 2. The number of carbonyl (C=O) groups is 1. The first-order valence-electron chi connectivity index (χ1n) is 8.26. The minimum Gasteiger partial charge on any atom is -0.478 e.